The fraction of sp³-hybridized carbons (Fsp3) is 0.400. The van der Waals surface area contributed by atoms with E-state index in [1.165, 1.54) is 73.6 Å². The van der Waals surface area contributed by atoms with E-state index in [4.69, 9.17) is 19.5 Å². The van der Waals surface area contributed by atoms with Crippen LogP contribution in [0.25, 0.3) is 38.8 Å². The van der Waals surface area contributed by atoms with Gasteiger partial charge in [0.25, 0.3) is 0 Å². The number of hydrogen-bond donors (Lipinski definition) is 0. The second-order valence-corrected chi connectivity index (χ2v) is 18.9. The fourth-order valence-electron chi connectivity index (χ4n) is 10.2. The van der Waals surface area contributed by atoms with Gasteiger partial charge in [-0.15, -0.1) is 0 Å². The molecular formula is C50H55N3O2. The van der Waals surface area contributed by atoms with Crippen LogP contribution in [0.5, 0.6) is 11.5 Å². The van der Waals surface area contributed by atoms with Crippen molar-refractivity contribution in [1.29, 1.82) is 0 Å². The molecule has 0 N–H and O–H groups in total. The Kier molecular flexibility index (Phi) is 7.68. The van der Waals surface area contributed by atoms with Crippen LogP contribution >= 0.6 is 0 Å². The summed E-state index contributed by atoms with van der Waals surface area (Å²) >= 11 is 0. The number of hydrogen-bond acceptors (Lipinski definition) is 4. The lowest BCUT2D eigenvalue weighted by atomic mass is 9.72. The SMILES string of the molecule is Cc1cc(C)c(-c2cc(Oc3cc4c(cc3C)c3cc(C(C)(C)C)cc5c3n4-c3nccc(C)c3C5(C)C)cc(C3=N[C@]4(C)CCCC[C@]4(C)O3)c2)c(C)c1. The van der Waals surface area contributed by atoms with Crippen LogP contribution in [0.2, 0.25) is 0 Å². The van der Waals surface area contributed by atoms with Crippen LogP contribution in [0.15, 0.2) is 71.9 Å². The highest BCUT2D eigenvalue weighted by atomic mass is 16.5. The van der Waals surface area contributed by atoms with Crippen molar-refractivity contribution in [1.82, 2.24) is 9.55 Å². The van der Waals surface area contributed by atoms with Crippen LogP contribution in [0.3, 0.4) is 0 Å². The third kappa shape index (κ3) is 5.32. The van der Waals surface area contributed by atoms with Crippen LogP contribution in [0.4, 0.5) is 0 Å². The topological polar surface area (TPSA) is 48.6 Å². The molecule has 0 bridgehead atoms. The monoisotopic (exact) mass is 729 g/mol. The van der Waals surface area contributed by atoms with E-state index in [-0.39, 0.29) is 22.0 Å². The number of aliphatic imine (C=N–C) groups is 1. The van der Waals surface area contributed by atoms with Gasteiger partial charge in [-0.05, 0) is 154 Å². The van der Waals surface area contributed by atoms with Crippen LogP contribution in [-0.2, 0) is 15.6 Å². The lowest BCUT2D eigenvalue weighted by Gasteiger charge is -2.41. The van der Waals surface area contributed by atoms with Crippen molar-refractivity contribution in [3.05, 3.63) is 117 Å². The third-order valence-electron chi connectivity index (χ3n) is 13.4. The Morgan fingerprint density at radius 1 is 0.745 bits per heavy atom. The predicted molar refractivity (Wildman–Crippen MR) is 228 cm³/mol. The maximum absolute atomic E-state index is 7.08. The first-order valence-corrected chi connectivity index (χ1v) is 20.2. The van der Waals surface area contributed by atoms with E-state index in [1.54, 1.807) is 0 Å². The zero-order valence-corrected chi connectivity index (χ0v) is 34.8. The quantitative estimate of drug-likeness (QED) is 0.181. The van der Waals surface area contributed by atoms with Crippen LogP contribution in [0.1, 0.15) is 124 Å². The molecule has 5 nitrogen and oxygen atoms in total. The van der Waals surface area contributed by atoms with Crippen molar-refractivity contribution in [2.75, 3.05) is 0 Å². The molecule has 2 atom stereocenters. The molecule has 4 heterocycles. The number of ether oxygens (including phenoxy) is 2. The zero-order valence-electron chi connectivity index (χ0n) is 34.8. The third-order valence-corrected chi connectivity index (χ3v) is 13.4. The summed E-state index contributed by atoms with van der Waals surface area (Å²) in [5, 5.41) is 2.49. The molecule has 3 aliphatic rings. The van der Waals surface area contributed by atoms with Gasteiger partial charge in [-0.3, -0.25) is 4.57 Å². The predicted octanol–water partition coefficient (Wildman–Crippen LogP) is 13.0. The molecule has 0 saturated heterocycles. The van der Waals surface area contributed by atoms with Gasteiger partial charge in [0, 0.05) is 39.6 Å². The molecule has 4 aromatic carbocycles. The number of fused-ring (bicyclic) bond motifs is 6. The minimum Gasteiger partial charge on any atom is -0.469 e. The highest BCUT2D eigenvalue weighted by molar-refractivity contribution is 6.12. The van der Waals surface area contributed by atoms with Crippen LogP contribution in [0, 0.1) is 34.6 Å². The molecule has 5 heteroatoms. The van der Waals surface area contributed by atoms with Gasteiger partial charge in [0.15, 0.2) is 0 Å². The summed E-state index contributed by atoms with van der Waals surface area (Å²) in [5.41, 5.74) is 14.9. The van der Waals surface area contributed by atoms with E-state index < -0.39 is 0 Å². The van der Waals surface area contributed by atoms with E-state index in [1.807, 2.05) is 6.20 Å². The Balaban J connectivity index is 1.26. The Morgan fingerprint density at radius 3 is 2.16 bits per heavy atom. The summed E-state index contributed by atoms with van der Waals surface area (Å²) in [6.45, 7) is 27.1. The number of aryl methyl sites for hydroxylation is 5. The Hall–Kier alpha value is -4.90. The summed E-state index contributed by atoms with van der Waals surface area (Å²) in [6.07, 6.45) is 6.34. The average Bonchev–Trinajstić information content (AvgIpc) is 3.57. The summed E-state index contributed by atoms with van der Waals surface area (Å²) < 4.78 is 16.3. The molecule has 2 aliphatic heterocycles. The molecular weight excluding hydrogens is 675 g/mol. The molecule has 0 spiro atoms. The first-order valence-electron chi connectivity index (χ1n) is 20.2. The second kappa shape index (κ2) is 11.8. The number of rotatable bonds is 4. The van der Waals surface area contributed by atoms with E-state index in [0.717, 1.165) is 58.3 Å². The number of pyridine rings is 1. The van der Waals surface area contributed by atoms with Gasteiger partial charge in [-0.2, -0.15) is 0 Å². The summed E-state index contributed by atoms with van der Waals surface area (Å²) in [5.74, 6) is 3.32. The summed E-state index contributed by atoms with van der Waals surface area (Å²) in [6, 6.07) is 22.7. The number of benzene rings is 4. The molecule has 1 saturated carbocycles. The van der Waals surface area contributed by atoms with Gasteiger partial charge in [0.1, 0.15) is 28.5 Å². The maximum Gasteiger partial charge on any atom is 0.217 e. The Morgan fingerprint density at radius 2 is 1.45 bits per heavy atom. The molecule has 0 unspecified atom stereocenters. The van der Waals surface area contributed by atoms with Gasteiger partial charge >= 0.3 is 0 Å². The molecule has 55 heavy (non-hydrogen) atoms. The molecule has 1 fully saturated rings. The maximum atomic E-state index is 7.08. The number of aromatic nitrogens is 2. The first kappa shape index (κ1) is 35.8. The highest BCUT2D eigenvalue weighted by Crippen LogP contribution is 2.51. The van der Waals surface area contributed by atoms with Crippen molar-refractivity contribution in [2.45, 2.75) is 131 Å². The van der Waals surface area contributed by atoms with E-state index >= 15 is 0 Å². The van der Waals surface area contributed by atoms with Crippen LogP contribution < -0.4 is 4.74 Å². The smallest absolute Gasteiger partial charge is 0.217 e. The van der Waals surface area contributed by atoms with Gasteiger partial charge in [0.05, 0.1) is 11.0 Å². The van der Waals surface area contributed by atoms with Crippen LogP contribution in [-0.4, -0.2) is 26.6 Å². The van der Waals surface area contributed by atoms with Crippen molar-refractivity contribution >= 4 is 27.7 Å². The molecule has 0 amide bonds. The van der Waals surface area contributed by atoms with Crippen molar-refractivity contribution in [2.24, 2.45) is 4.99 Å². The van der Waals surface area contributed by atoms with E-state index in [0.29, 0.717) is 0 Å². The molecule has 6 aromatic rings. The molecule has 1 aliphatic carbocycles. The summed E-state index contributed by atoms with van der Waals surface area (Å²) in [4.78, 5) is 10.4. The normalized spacial score (nSPS) is 21.3. The minimum absolute atomic E-state index is 0.00557. The summed E-state index contributed by atoms with van der Waals surface area (Å²) in [7, 11) is 0. The largest absolute Gasteiger partial charge is 0.469 e. The van der Waals surface area contributed by atoms with Gasteiger partial charge < -0.3 is 9.47 Å². The Bertz CT molecular complexity index is 2630. The average molecular weight is 730 g/mol. The highest BCUT2D eigenvalue weighted by Gasteiger charge is 2.53. The van der Waals surface area contributed by atoms with Crippen molar-refractivity contribution < 1.29 is 9.47 Å². The standard InChI is InChI=1S/C50H55N3O2/c1-28-19-31(4)42(32(5)20-28)33-22-34(46-52-49(11)16-13-14-17-50(49,12)55-46)24-36(23-33)54-41-27-40-37(21-30(41)3)38-25-35(47(6,7)8)26-39-44(38)53(40)45-43(48(39,9)10)29(2)15-18-51-45/h15,18-27H,13-14,16-17H2,1-12H3/t49-,50+/m1/s1. The number of nitrogens with zero attached hydrogens (tertiary/aromatic N) is 3. The molecule has 9 rings (SSSR count). The van der Waals surface area contributed by atoms with Gasteiger partial charge in [-0.1, -0.05) is 64.8 Å². The lowest BCUT2D eigenvalue weighted by Crippen LogP contribution is -2.49. The zero-order chi connectivity index (χ0) is 39.0. The fourth-order valence-corrected chi connectivity index (χ4v) is 10.2. The van der Waals surface area contributed by atoms with Crippen molar-refractivity contribution in [3.8, 4) is 28.4 Å². The van der Waals surface area contributed by atoms with E-state index in [2.05, 4.69) is 148 Å². The minimum atomic E-state index is -0.309. The van der Waals surface area contributed by atoms with Gasteiger partial charge in [-0.25, -0.2) is 9.98 Å². The lowest BCUT2D eigenvalue weighted by molar-refractivity contribution is 0.000928. The Labute approximate surface area is 326 Å². The van der Waals surface area contributed by atoms with Crippen molar-refractivity contribution in [3.63, 3.8) is 0 Å². The second-order valence-electron chi connectivity index (χ2n) is 18.9. The molecule has 282 valence electrons. The molecule has 2 aromatic heterocycles. The molecule has 0 radical (unpaired) electrons. The van der Waals surface area contributed by atoms with E-state index in [9.17, 15) is 0 Å². The van der Waals surface area contributed by atoms with Gasteiger partial charge in [0.2, 0.25) is 5.90 Å². The first-order chi connectivity index (χ1) is 25.9.